The largest absolute Gasteiger partial charge is 0.361 e. The minimum absolute atomic E-state index is 0.0185. The number of rotatable bonds is 7. The quantitative estimate of drug-likeness (QED) is 0.457. The maximum absolute atomic E-state index is 12.4. The van der Waals surface area contributed by atoms with Gasteiger partial charge in [0.2, 0.25) is 11.8 Å². The summed E-state index contributed by atoms with van der Waals surface area (Å²) in [6.45, 7) is 8.45. The molecule has 0 radical (unpaired) electrons. The van der Waals surface area contributed by atoms with Gasteiger partial charge in [0.1, 0.15) is 0 Å². The molecule has 8 heteroatoms. The lowest BCUT2D eigenvalue weighted by Crippen LogP contribution is -2.57. The summed E-state index contributed by atoms with van der Waals surface area (Å²) >= 11 is 0. The summed E-state index contributed by atoms with van der Waals surface area (Å²) in [4.78, 5) is 27.9. The van der Waals surface area contributed by atoms with Crippen molar-refractivity contribution in [3.8, 4) is 0 Å². The van der Waals surface area contributed by atoms with E-state index in [-0.39, 0.29) is 30.1 Å². The Kier molecular flexibility index (Phi) is 6.32. The maximum atomic E-state index is 12.4. The second kappa shape index (κ2) is 9.16. The van der Waals surface area contributed by atoms with Crippen molar-refractivity contribution in [1.29, 1.82) is 0 Å². The lowest BCUT2D eigenvalue weighted by molar-refractivity contribution is -0.130. The molecule has 3 unspecified atom stereocenters. The third-order valence-electron chi connectivity index (χ3n) is 6.58. The molecule has 1 aliphatic rings. The van der Waals surface area contributed by atoms with Gasteiger partial charge in [-0.25, -0.2) is 4.68 Å². The number of aromatic amines is 1. The number of nitrogens with zero attached hydrogens (tertiary/aromatic N) is 2. The zero-order valence-electron chi connectivity index (χ0n) is 19.2. The second-order valence-electron chi connectivity index (χ2n) is 8.71. The van der Waals surface area contributed by atoms with Crippen molar-refractivity contribution >= 4 is 22.7 Å². The molecule has 2 amide bonds. The van der Waals surface area contributed by atoms with E-state index in [9.17, 15) is 9.59 Å². The summed E-state index contributed by atoms with van der Waals surface area (Å²) in [5.74, 6) is -0.0384. The van der Waals surface area contributed by atoms with Gasteiger partial charge in [-0.2, -0.15) is 5.10 Å². The zero-order valence-corrected chi connectivity index (χ0v) is 19.2. The number of hydrogen-bond donors (Lipinski definition) is 4. The van der Waals surface area contributed by atoms with Crippen molar-refractivity contribution in [2.45, 2.75) is 59.3 Å². The minimum atomic E-state index is -0.369. The molecule has 4 N–H and O–H groups in total. The molecule has 0 aliphatic carbocycles. The Morgan fingerprint density at radius 2 is 1.97 bits per heavy atom. The van der Waals surface area contributed by atoms with Crippen LogP contribution in [0.2, 0.25) is 0 Å². The van der Waals surface area contributed by atoms with E-state index >= 15 is 0 Å². The normalized spacial score (nSPS) is 21.0. The summed E-state index contributed by atoms with van der Waals surface area (Å²) in [5, 5.41) is 15.2. The third-order valence-corrected chi connectivity index (χ3v) is 6.58. The highest BCUT2D eigenvalue weighted by Gasteiger charge is 2.32. The monoisotopic (exact) mass is 436 g/mol. The maximum Gasteiger partial charge on any atom is 0.227 e. The van der Waals surface area contributed by atoms with Crippen molar-refractivity contribution in [3.63, 3.8) is 0 Å². The van der Waals surface area contributed by atoms with E-state index in [1.54, 1.807) is 0 Å². The first-order valence-electron chi connectivity index (χ1n) is 11.3. The Balaban J connectivity index is 1.31. The summed E-state index contributed by atoms with van der Waals surface area (Å²) in [5.41, 5.74) is 5.23. The van der Waals surface area contributed by atoms with Gasteiger partial charge < -0.3 is 15.6 Å². The summed E-state index contributed by atoms with van der Waals surface area (Å²) in [6, 6.07) is 8.24. The molecule has 8 nitrogen and oxygen atoms in total. The van der Waals surface area contributed by atoms with Crippen LogP contribution in [0.4, 0.5) is 0 Å². The number of carbonyl (C=O) groups is 2. The Morgan fingerprint density at radius 3 is 2.75 bits per heavy atom. The molecule has 1 aromatic carbocycles. The van der Waals surface area contributed by atoms with Crippen LogP contribution < -0.4 is 16.0 Å². The fourth-order valence-electron chi connectivity index (χ4n) is 4.37. The molecule has 3 atom stereocenters. The zero-order chi connectivity index (χ0) is 22.8. The molecule has 0 bridgehead atoms. The Hall–Kier alpha value is -3.13. The number of amides is 2. The third kappa shape index (κ3) is 4.41. The minimum Gasteiger partial charge on any atom is -0.361 e. The standard InChI is InChI=1S/C24H32N6O2/c1-14-15(2)27-24(28-23(14)32)30-17(4)19(16(3)29-30)9-10-22(31)25-12-11-18-13-26-21-8-6-5-7-20(18)21/h5-8,13-15,24,26-27H,9-12H2,1-4H3,(H,25,31)(H,28,32). The molecular formula is C24H32N6O2. The van der Waals surface area contributed by atoms with Gasteiger partial charge in [-0.15, -0.1) is 0 Å². The first-order valence-corrected chi connectivity index (χ1v) is 11.3. The van der Waals surface area contributed by atoms with Gasteiger partial charge in [0.25, 0.3) is 0 Å². The van der Waals surface area contributed by atoms with Crippen LogP contribution >= 0.6 is 0 Å². The number of hydrogen-bond acceptors (Lipinski definition) is 4. The van der Waals surface area contributed by atoms with E-state index in [1.165, 1.54) is 10.9 Å². The van der Waals surface area contributed by atoms with Gasteiger partial charge in [0.05, 0.1) is 11.6 Å². The summed E-state index contributed by atoms with van der Waals surface area (Å²) in [6.07, 6.45) is 3.45. The molecule has 3 heterocycles. The Labute approximate surface area is 188 Å². The lowest BCUT2D eigenvalue weighted by atomic mass is 10.0. The van der Waals surface area contributed by atoms with Crippen LogP contribution in [0, 0.1) is 19.8 Å². The van der Waals surface area contributed by atoms with Gasteiger partial charge in [0.15, 0.2) is 6.29 Å². The van der Waals surface area contributed by atoms with Gasteiger partial charge >= 0.3 is 0 Å². The Bertz CT molecular complexity index is 1130. The topological polar surface area (TPSA) is 104 Å². The van der Waals surface area contributed by atoms with Crippen molar-refractivity contribution in [3.05, 3.63) is 53.0 Å². The van der Waals surface area contributed by atoms with Crippen molar-refractivity contribution in [2.75, 3.05) is 6.54 Å². The van der Waals surface area contributed by atoms with Crippen LogP contribution in [0.25, 0.3) is 10.9 Å². The lowest BCUT2D eigenvalue weighted by Gasteiger charge is -2.34. The number of benzene rings is 1. The number of para-hydroxylation sites is 1. The molecule has 170 valence electrons. The molecule has 3 aromatic rings. The first kappa shape index (κ1) is 22.1. The molecule has 2 aromatic heterocycles. The van der Waals surface area contributed by atoms with Crippen LogP contribution in [0.15, 0.2) is 30.5 Å². The van der Waals surface area contributed by atoms with Gasteiger partial charge in [-0.1, -0.05) is 25.1 Å². The van der Waals surface area contributed by atoms with Crippen LogP contribution in [0.5, 0.6) is 0 Å². The van der Waals surface area contributed by atoms with Gasteiger partial charge in [-0.05, 0) is 50.8 Å². The van der Waals surface area contributed by atoms with E-state index in [1.807, 2.05) is 50.7 Å². The number of H-pyrrole nitrogens is 1. The fourth-order valence-corrected chi connectivity index (χ4v) is 4.37. The molecule has 0 spiro atoms. The van der Waals surface area contributed by atoms with E-state index in [0.29, 0.717) is 19.4 Å². The van der Waals surface area contributed by atoms with Gasteiger partial charge in [-0.3, -0.25) is 14.9 Å². The highest BCUT2D eigenvalue weighted by molar-refractivity contribution is 5.83. The fraction of sp³-hybridized carbons (Fsp3) is 0.458. The van der Waals surface area contributed by atoms with E-state index < -0.39 is 0 Å². The van der Waals surface area contributed by atoms with Crippen molar-refractivity contribution in [1.82, 2.24) is 30.7 Å². The van der Waals surface area contributed by atoms with Crippen LogP contribution in [0.3, 0.4) is 0 Å². The predicted octanol–water partition coefficient (Wildman–Crippen LogP) is 2.47. The Morgan fingerprint density at radius 1 is 1.19 bits per heavy atom. The van der Waals surface area contributed by atoms with Gasteiger partial charge in [0, 0.05) is 41.8 Å². The summed E-state index contributed by atoms with van der Waals surface area (Å²) < 4.78 is 1.82. The van der Waals surface area contributed by atoms with Crippen molar-refractivity contribution in [2.24, 2.45) is 5.92 Å². The molecule has 0 saturated carbocycles. The summed E-state index contributed by atoms with van der Waals surface area (Å²) in [7, 11) is 0. The number of carbonyl (C=O) groups excluding carboxylic acids is 2. The molecule has 1 fully saturated rings. The van der Waals surface area contributed by atoms with E-state index in [2.05, 4.69) is 38.2 Å². The molecule has 1 saturated heterocycles. The first-order chi connectivity index (χ1) is 15.3. The highest BCUT2D eigenvalue weighted by Crippen LogP contribution is 2.21. The van der Waals surface area contributed by atoms with E-state index in [0.717, 1.165) is 28.9 Å². The highest BCUT2D eigenvalue weighted by atomic mass is 16.2. The average Bonchev–Trinajstić information content (AvgIpc) is 3.31. The average molecular weight is 437 g/mol. The van der Waals surface area contributed by atoms with Crippen LogP contribution in [-0.4, -0.2) is 39.2 Å². The molecule has 4 rings (SSSR count). The number of aromatic nitrogens is 3. The van der Waals surface area contributed by atoms with Crippen LogP contribution in [0.1, 0.15) is 49.1 Å². The number of aryl methyl sites for hydroxylation is 1. The number of nitrogens with one attached hydrogen (secondary N) is 4. The molecule has 1 aliphatic heterocycles. The van der Waals surface area contributed by atoms with Crippen LogP contribution in [-0.2, 0) is 22.4 Å². The molecular weight excluding hydrogens is 404 g/mol. The SMILES string of the molecule is Cc1nn(C2NC(=O)C(C)C(C)N2)c(C)c1CCC(=O)NCCc1c[nH]c2ccccc12. The van der Waals surface area contributed by atoms with E-state index in [4.69, 9.17) is 0 Å². The number of fused-ring (bicyclic) bond motifs is 1. The second-order valence-corrected chi connectivity index (χ2v) is 8.71. The smallest absolute Gasteiger partial charge is 0.227 e. The predicted molar refractivity (Wildman–Crippen MR) is 124 cm³/mol. The van der Waals surface area contributed by atoms with Crippen molar-refractivity contribution < 1.29 is 9.59 Å². The molecule has 32 heavy (non-hydrogen) atoms.